The van der Waals surface area contributed by atoms with E-state index in [0.717, 1.165) is 10.8 Å². The largest absolute Gasteiger partial charge is 0.373 e. The molecule has 0 aromatic rings. The molecule has 4 heteroatoms. The van der Waals surface area contributed by atoms with Gasteiger partial charge in [0.25, 0.3) is 0 Å². The molecule has 0 aromatic heterocycles. The molecule has 0 rings (SSSR count). The van der Waals surface area contributed by atoms with E-state index in [-0.39, 0.29) is 0 Å². The van der Waals surface area contributed by atoms with Crippen molar-refractivity contribution >= 4 is 9.84 Å². The van der Waals surface area contributed by atoms with Crippen LogP contribution in [-0.4, -0.2) is 21.6 Å². The summed E-state index contributed by atoms with van der Waals surface area (Å²) in [5.74, 6) is 0. The van der Waals surface area contributed by atoms with Crippen LogP contribution < -0.4 is 0 Å². The van der Waals surface area contributed by atoms with Crippen LogP contribution in [-0.2, 0) is 14.6 Å². The van der Waals surface area contributed by atoms with Crippen molar-refractivity contribution in [3.8, 4) is 0 Å². The van der Waals surface area contributed by atoms with E-state index < -0.39 is 9.84 Å². The Bertz CT molecular complexity index is 254. The molecule has 3 nitrogen and oxygen atoms in total. The van der Waals surface area contributed by atoms with Crippen molar-refractivity contribution in [2.45, 2.75) is 0 Å². The van der Waals surface area contributed by atoms with Crippen molar-refractivity contribution in [1.29, 1.82) is 0 Å². The van der Waals surface area contributed by atoms with E-state index in [1.807, 2.05) is 0 Å². The summed E-state index contributed by atoms with van der Waals surface area (Å²) in [6.07, 6.45) is 3.42. The van der Waals surface area contributed by atoms with Crippen LogP contribution in [0.2, 0.25) is 0 Å². The first kappa shape index (κ1) is 15.3. The monoisotopic (exact) mass is 216 g/mol. The summed E-state index contributed by atoms with van der Waals surface area (Å²) in [5, 5.41) is 1.69. The maximum absolute atomic E-state index is 10.1. The fourth-order valence-corrected chi connectivity index (χ4v) is 0.439. The smallest absolute Gasteiger partial charge is 0.191 e. The molecule has 0 bridgehead atoms. The van der Waals surface area contributed by atoms with E-state index in [0.29, 0.717) is 13.2 Å². The molecule has 0 atom stereocenters. The quantitative estimate of drug-likeness (QED) is 0.504. The lowest BCUT2D eigenvalue weighted by Crippen LogP contribution is -1.87. The molecule has 0 aliphatic rings. The number of hydrogen-bond acceptors (Lipinski definition) is 3. The average Bonchev–Trinajstić information content (AvgIpc) is 2.20. The maximum atomic E-state index is 10.1. The SMILES string of the molecule is C=CCOCC=C.C=CS(=O)(=O)C=C. The molecule has 80 valence electrons. The Labute approximate surface area is 86.0 Å². The van der Waals surface area contributed by atoms with Gasteiger partial charge in [0, 0.05) is 10.8 Å². The first-order chi connectivity index (χ1) is 6.54. The molecular formula is C10H16O3S. The molecule has 0 saturated heterocycles. The Morgan fingerprint density at radius 2 is 1.29 bits per heavy atom. The van der Waals surface area contributed by atoms with Gasteiger partial charge < -0.3 is 4.74 Å². The summed E-state index contributed by atoms with van der Waals surface area (Å²) in [6, 6.07) is 0. The van der Waals surface area contributed by atoms with Crippen molar-refractivity contribution in [2.75, 3.05) is 13.2 Å². The molecule has 0 N–H and O–H groups in total. The third kappa shape index (κ3) is 13.5. The zero-order chi connectivity index (χ0) is 11.4. The zero-order valence-corrected chi connectivity index (χ0v) is 9.00. The first-order valence-electron chi connectivity index (χ1n) is 3.83. The highest BCUT2D eigenvalue weighted by atomic mass is 32.2. The highest BCUT2D eigenvalue weighted by Crippen LogP contribution is 1.87. The van der Waals surface area contributed by atoms with E-state index in [2.05, 4.69) is 26.3 Å². The standard InChI is InChI=1S/C6H10O.C4H6O2S/c1-3-5-7-6-4-2;1-3-7(5,6)4-2/h3-4H,1-2,5-6H2;3-4H,1-2H2. The van der Waals surface area contributed by atoms with Gasteiger partial charge in [-0.1, -0.05) is 25.3 Å². The van der Waals surface area contributed by atoms with E-state index in [1.165, 1.54) is 0 Å². The van der Waals surface area contributed by atoms with Crippen LogP contribution >= 0.6 is 0 Å². The van der Waals surface area contributed by atoms with Gasteiger partial charge in [0.05, 0.1) is 13.2 Å². The second kappa shape index (κ2) is 9.95. The van der Waals surface area contributed by atoms with Crippen LogP contribution in [0, 0.1) is 0 Å². The molecule has 14 heavy (non-hydrogen) atoms. The van der Waals surface area contributed by atoms with E-state index in [9.17, 15) is 8.42 Å². The molecule has 0 aliphatic carbocycles. The zero-order valence-electron chi connectivity index (χ0n) is 8.19. The number of hydrogen-bond donors (Lipinski definition) is 0. The Morgan fingerprint density at radius 3 is 1.43 bits per heavy atom. The van der Waals surface area contributed by atoms with Gasteiger partial charge in [0.2, 0.25) is 0 Å². The Morgan fingerprint density at radius 1 is 0.929 bits per heavy atom. The highest BCUT2D eigenvalue weighted by Gasteiger charge is 1.90. The molecular weight excluding hydrogens is 200 g/mol. The van der Waals surface area contributed by atoms with Gasteiger partial charge in [-0.05, 0) is 0 Å². The average molecular weight is 216 g/mol. The van der Waals surface area contributed by atoms with Crippen LogP contribution in [0.5, 0.6) is 0 Å². The summed E-state index contributed by atoms with van der Waals surface area (Å²) in [6.45, 7) is 14.3. The van der Waals surface area contributed by atoms with E-state index in [1.54, 1.807) is 12.2 Å². The molecule has 0 aromatic carbocycles. The molecule has 0 heterocycles. The minimum Gasteiger partial charge on any atom is -0.373 e. The van der Waals surface area contributed by atoms with Crippen molar-refractivity contribution in [1.82, 2.24) is 0 Å². The summed E-state index contributed by atoms with van der Waals surface area (Å²) in [7, 11) is -3.13. The lowest BCUT2D eigenvalue weighted by molar-refractivity contribution is 0.194. The summed E-state index contributed by atoms with van der Waals surface area (Å²) in [4.78, 5) is 0. The van der Waals surface area contributed by atoms with Crippen molar-refractivity contribution < 1.29 is 13.2 Å². The Kier molecular flexibility index (Phi) is 10.9. The number of rotatable bonds is 6. The van der Waals surface area contributed by atoms with Gasteiger partial charge in [-0.3, -0.25) is 0 Å². The van der Waals surface area contributed by atoms with E-state index >= 15 is 0 Å². The van der Waals surface area contributed by atoms with Crippen LogP contribution in [0.3, 0.4) is 0 Å². The predicted octanol–water partition coefficient (Wildman–Crippen LogP) is 2.06. The molecule has 0 radical (unpaired) electrons. The van der Waals surface area contributed by atoms with Crippen LogP contribution in [0.15, 0.2) is 49.3 Å². The Balaban J connectivity index is 0. The van der Waals surface area contributed by atoms with Crippen molar-refractivity contribution in [2.24, 2.45) is 0 Å². The molecule has 0 amide bonds. The number of sulfone groups is 1. The molecule has 0 unspecified atom stereocenters. The second-order valence-electron chi connectivity index (χ2n) is 2.04. The molecule has 0 spiro atoms. The fraction of sp³-hybridized carbons (Fsp3) is 0.200. The minimum absolute atomic E-state index is 0.617. The number of ether oxygens (including phenoxy) is 1. The van der Waals surface area contributed by atoms with Gasteiger partial charge in [0.15, 0.2) is 9.84 Å². The van der Waals surface area contributed by atoms with Crippen molar-refractivity contribution in [3.63, 3.8) is 0 Å². The second-order valence-corrected chi connectivity index (χ2v) is 3.88. The van der Waals surface area contributed by atoms with Crippen molar-refractivity contribution in [3.05, 3.63) is 49.3 Å². The van der Waals surface area contributed by atoms with Gasteiger partial charge in [0.1, 0.15) is 0 Å². The molecule has 0 aliphatic heterocycles. The summed E-state index contributed by atoms with van der Waals surface area (Å²) in [5.41, 5.74) is 0. The molecule has 0 fully saturated rings. The third-order valence-corrected chi connectivity index (χ3v) is 1.87. The van der Waals surface area contributed by atoms with Crippen LogP contribution in [0.1, 0.15) is 0 Å². The third-order valence-electron chi connectivity index (χ3n) is 0.936. The maximum Gasteiger partial charge on any atom is 0.191 e. The van der Waals surface area contributed by atoms with Gasteiger partial charge in [-0.25, -0.2) is 8.42 Å². The molecule has 0 saturated carbocycles. The minimum atomic E-state index is -3.13. The van der Waals surface area contributed by atoms with E-state index in [4.69, 9.17) is 4.74 Å². The lowest BCUT2D eigenvalue weighted by atomic mass is 10.6. The topological polar surface area (TPSA) is 43.4 Å². The highest BCUT2D eigenvalue weighted by molar-refractivity contribution is 7.97. The normalized spacial score (nSPS) is 9.14. The lowest BCUT2D eigenvalue weighted by Gasteiger charge is -1.89. The van der Waals surface area contributed by atoms with Crippen LogP contribution in [0.4, 0.5) is 0 Å². The predicted molar refractivity (Wildman–Crippen MR) is 60.5 cm³/mol. The first-order valence-corrected chi connectivity index (χ1v) is 5.44. The fourth-order valence-electron chi connectivity index (χ4n) is 0.303. The van der Waals surface area contributed by atoms with Crippen LogP contribution in [0.25, 0.3) is 0 Å². The van der Waals surface area contributed by atoms with Gasteiger partial charge >= 0.3 is 0 Å². The Hall–Kier alpha value is -1.13. The summed E-state index contributed by atoms with van der Waals surface area (Å²) >= 11 is 0. The summed E-state index contributed by atoms with van der Waals surface area (Å²) < 4.78 is 25.2. The van der Waals surface area contributed by atoms with Gasteiger partial charge in [-0.15, -0.1) is 13.2 Å². The van der Waals surface area contributed by atoms with Gasteiger partial charge in [-0.2, -0.15) is 0 Å².